The van der Waals surface area contributed by atoms with E-state index in [9.17, 15) is 4.79 Å². The van der Waals surface area contributed by atoms with E-state index in [1.54, 1.807) is 0 Å². The first-order valence-corrected chi connectivity index (χ1v) is 7.17. The molecule has 0 bridgehead atoms. The van der Waals surface area contributed by atoms with Crippen LogP contribution in [0.2, 0.25) is 0 Å². The summed E-state index contributed by atoms with van der Waals surface area (Å²) in [6.07, 6.45) is 5.98. The van der Waals surface area contributed by atoms with Crippen molar-refractivity contribution in [3.63, 3.8) is 0 Å². The first kappa shape index (κ1) is 13.4. The minimum Gasteiger partial charge on any atom is -0.337 e. The van der Waals surface area contributed by atoms with Crippen LogP contribution in [0.25, 0.3) is 0 Å². The molecule has 1 amide bonds. The first-order valence-electron chi connectivity index (χ1n) is 7.17. The number of nitrogens with zero attached hydrogens (tertiary/aromatic N) is 2. The van der Waals surface area contributed by atoms with E-state index in [1.807, 2.05) is 4.90 Å². The van der Waals surface area contributed by atoms with Crippen molar-refractivity contribution in [2.45, 2.75) is 57.5 Å². The minimum atomic E-state index is -0.0111. The number of nitrogens with one attached hydrogen (secondary N) is 1. The third kappa shape index (κ3) is 3.23. The molecule has 1 saturated carbocycles. The average molecular weight is 249 g/mol. The van der Waals surface area contributed by atoms with Crippen LogP contribution >= 0.6 is 0 Å². The van der Waals surface area contributed by atoms with E-state index >= 15 is 0 Å². The largest absolute Gasteiger partial charge is 0.337 e. The number of hydrogen-bond acceptors (Lipinski definition) is 3. The maximum atomic E-state index is 12.5. The fraction of sp³-hybridized carbons (Fsp3) is 0.857. The summed E-state index contributed by atoms with van der Waals surface area (Å²) in [7, 11) is 0. The molecule has 0 spiro atoms. The van der Waals surface area contributed by atoms with Gasteiger partial charge in [-0.25, -0.2) is 0 Å². The fourth-order valence-corrected chi connectivity index (χ4v) is 2.78. The Morgan fingerprint density at radius 1 is 1.44 bits per heavy atom. The van der Waals surface area contributed by atoms with Crippen molar-refractivity contribution in [3.8, 4) is 6.07 Å². The molecule has 1 saturated heterocycles. The summed E-state index contributed by atoms with van der Waals surface area (Å²) in [5.74, 6) is 0.906. The van der Waals surface area contributed by atoms with Gasteiger partial charge in [0.25, 0.3) is 0 Å². The van der Waals surface area contributed by atoms with E-state index in [0.717, 1.165) is 32.2 Å². The molecule has 2 unspecified atom stereocenters. The van der Waals surface area contributed by atoms with Gasteiger partial charge in [-0.05, 0) is 38.1 Å². The van der Waals surface area contributed by atoms with Crippen molar-refractivity contribution in [1.82, 2.24) is 10.2 Å². The van der Waals surface area contributed by atoms with Crippen molar-refractivity contribution in [3.05, 3.63) is 0 Å². The highest BCUT2D eigenvalue weighted by molar-refractivity contribution is 5.82. The summed E-state index contributed by atoms with van der Waals surface area (Å²) in [5.41, 5.74) is 0. The molecule has 1 aliphatic carbocycles. The summed E-state index contributed by atoms with van der Waals surface area (Å²) < 4.78 is 0. The minimum absolute atomic E-state index is 0.0111. The van der Waals surface area contributed by atoms with Gasteiger partial charge in [-0.1, -0.05) is 13.3 Å². The van der Waals surface area contributed by atoms with Crippen LogP contribution in [-0.4, -0.2) is 36.0 Å². The maximum Gasteiger partial charge on any atom is 0.239 e. The molecule has 0 aromatic heterocycles. The molecule has 2 fully saturated rings. The molecule has 0 radical (unpaired) electrons. The zero-order valence-electron chi connectivity index (χ0n) is 11.2. The smallest absolute Gasteiger partial charge is 0.239 e. The van der Waals surface area contributed by atoms with Gasteiger partial charge >= 0.3 is 0 Å². The summed E-state index contributed by atoms with van der Waals surface area (Å²) in [5, 5.41) is 12.0. The second kappa shape index (κ2) is 6.19. The monoisotopic (exact) mass is 249 g/mol. The SMILES string of the molecule is CCC1CCNC(C(=O)N(CCC#N)C2CC2)C1. The summed E-state index contributed by atoms with van der Waals surface area (Å²) in [4.78, 5) is 14.4. The van der Waals surface area contributed by atoms with Gasteiger partial charge in [-0.15, -0.1) is 0 Å². The average Bonchev–Trinajstić information content (AvgIpc) is 3.23. The Kier molecular flexibility index (Phi) is 4.60. The van der Waals surface area contributed by atoms with Crippen LogP contribution in [0.4, 0.5) is 0 Å². The Balaban J connectivity index is 1.92. The summed E-state index contributed by atoms with van der Waals surface area (Å²) >= 11 is 0. The van der Waals surface area contributed by atoms with Crippen LogP contribution in [0.3, 0.4) is 0 Å². The van der Waals surface area contributed by atoms with Crippen LogP contribution in [0, 0.1) is 17.2 Å². The highest BCUT2D eigenvalue weighted by atomic mass is 16.2. The molecule has 1 heterocycles. The topological polar surface area (TPSA) is 56.1 Å². The third-order valence-corrected chi connectivity index (χ3v) is 4.12. The number of amides is 1. The van der Waals surface area contributed by atoms with Crippen molar-refractivity contribution in [2.75, 3.05) is 13.1 Å². The van der Waals surface area contributed by atoms with E-state index in [2.05, 4.69) is 18.3 Å². The Bertz CT molecular complexity index is 332. The molecule has 100 valence electrons. The number of piperidine rings is 1. The lowest BCUT2D eigenvalue weighted by Gasteiger charge is -2.33. The van der Waals surface area contributed by atoms with Crippen LogP contribution in [0.5, 0.6) is 0 Å². The molecule has 1 N–H and O–H groups in total. The van der Waals surface area contributed by atoms with Gasteiger partial charge in [0, 0.05) is 12.6 Å². The summed E-state index contributed by atoms with van der Waals surface area (Å²) in [6.45, 7) is 3.76. The Hall–Kier alpha value is -1.08. The quantitative estimate of drug-likeness (QED) is 0.806. The zero-order chi connectivity index (χ0) is 13.0. The lowest BCUT2D eigenvalue weighted by Crippen LogP contribution is -2.51. The van der Waals surface area contributed by atoms with Crippen molar-refractivity contribution < 1.29 is 4.79 Å². The van der Waals surface area contributed by atoms with E-state index in [4.69, 9.17) is 5.26 Å². The number of rotatable bonds is 5. The molecule has 4 nitrogen and oxygen atoms in total. The number of carbonyl (C=O) groups is 1. The van der Waals surface area contributed by atoms with Gasteiger partial charge in [0.15, 0.2) is 0 Å². The van der Waals surface area contributed by atoms with E-state index < -0.39 is 0 Å². The molecular weight excluding hydrogens is 226 g/mol. The molecular formula is C14H23N3O. The second-order valence-electron chi connectivity index (χ2n) is 5.48. The van der Waals surface area contributed by atoms with Gasteiger partial charge in [0.1, 0.15) is 0 Å². The van der Waals surface area contributed by atoms with Crippen LogP contribution in [-0.2, 0) is 4.79 Å². The summed E-state index contributed by atoms with van der Waals surface area (Å²) in [6, 6.07) is 2.54. The van der Waals surface area contributed by atoms with Crippen molar-refractivity contribution in [2.24, 2.45) is 5.92 Å². The van der Waals surface area contributed by atoms with Gasteiger partial charge in [0.05, 0.1) is 18.5 Å². The lowest BCUT2D eigenvalue weighted by atomic mass is 9.90. The van der Waals surface area contributed by atoms with Crippen LogP contribution < -0.4 is 5.32 Å². The van der Waals surface area contributed by atoms with Crippen molar-refractivity contribution >= 4 is 5.91 Å². The molecule has 0 aromatic rings. The van der Waals surface area contributed by atoms with E-state index in [1.165, 1.54) is 6.42 Å². The predicted molar refractivity (Wildman–Crippen MR) is 69.8 cm³/mol. The van der Waals surface area contributed by atoms with Crippen molar-refractivity contribution in [1.29, 1.82) is 5.26 Å². The standard InChI is InChI=1S/C14H23N3O/c1-2-11-6-8-16-13(10-11)14(18)17(9-3-7-15)12-4-5-12/h11-13,16H,2-6,8-10H2,1H3. The van der Waals surface area contributed by atoms with Crippen LogP contribution in [0.15, 0.2) is 0 Å². The van der Waals surface area contributed by atoms with Gasteiger partial charge in [-0.3, -0.25) is 4.79 Å². The molecule has 1 aliphatic heterocycles. The molecule has 2 aliphatic rings. The van der Waals surface area contributed by atoms with Gasteiger partial charge in [0.2, 0.25) is 5.91 Å². The Morgan fingerprint density at radius 3 is 2.83 bits per heavy atom. The normalized spacial score (nSPS) is 27.6. The van der Waals surface area contributed by atoms with Gasteiger partial charge in [-0.2, -0.15) is 5.26 Å². The molecule has 18 heavy (non-hydrogen) atoms. The molecule has 0 aromatic carbocycles. The second-order valence-corrected chi connectivity index (χ2v) is 5.48. The Labute approximate surface area is 109 Å². The predicted octanol–water partition coefficient (Wildman–Crippen LogP) is 1.67. The third-order valence-electron chi connectivity index (χ3n) is 4.12. The van der Waals surface area contributed by atoms with E-state index in [0.29, 0.717) is 24.9 Å². The molecule has 2 rings (SSSR count). The zero-order valence-corrected chi connectivity index (χ0v) is 11.2. The fourth-order valence-electron chi connectivity index (χ4n) is 2.78. The van der Waals surface area contributed by atoms with Crippen LogP contribution in [0.1, 0.15) is 45.4 Å². The highest BCUT2D eigenvalue weighted by Crippen LogP contribution is 2.29. The molecule has 4 heteroatoms. The highest BCUT2D eigenvalue weighted by Gasteiger charge is 2.36. The maximum absolute atomic E-state index is 12.5. The number of nitriles is 1. The van der Waals surface area contributed by atoms with Gasteiger partial charge < -0.3 is 10.2 Å². The first-order chi connectivity index (χ1) is 8.76. The lowest BCUT2D eigenvalue weighted by molar-refractivity contribution is -0.135. The molecule has 2 atom stereocenters. The number of hydrogen-bond donors (Lipinski definition) is 1. The number of carbonyl (C=O) groups excluding carboxylic acids is 1. The Morgan fingerprint density at radius 2 is 2.22 bits per heavy atom. The van der Waals surface area contributed by atoms with E-state index in [-0.39, 0.29) is 11.9 Å².